The van der Waals surface area contributed by atoms with Crippen molar-refractivity contribution < 1.29 is 4.79 Å². The third-order valence-electron chi connectivity index (χ3n) is 3.70. The van der Waals surface area contributed by atoms with Gasteiger partial charge in [0.2, 0.25) is 0 Å². The fourth-order valence-corrected chi connectivity index (χ4v) is 2.78. The Morgan fingerprint density at radius 2 is 1.68 bits per heavy atom. The maximum absolute atomic E-state index is 13.0. The van der Waals surface area contributed by atoms with Crippen LogP contribution in [0.3, 0.4) is 0 Å². The number of aryl methyl sites for hydroxylation is 1. The summed E-state index contributed by atoms with van der Waals surface area (Å²) in [6, 6.07) is 12.0. The van der Waals surface area contributed by atoms with Gasteiger partial charge < -0.3 is 4.90 Å². The SMILES string of the molecule is Cc1ccnc(-c2ccccc2C(=O)N(C(C)C)C(C)C)c1. The van der Waals surface area contributed by atoms with Crippen LogP contribution in [0.15, 0.2) is 42.6 Å². The molecule has 0 saturated heterocycles. The summed E-state index contributed by atoms with van der Waals surface area (Å²) in [5, 5.41) is 0. The van der Waals surface area contributed by atoms with Gasteiger partial charge in [-0.25, -0.2) is 0 Å². The molecule has 0 spiro atoms. The molecule has 0 aliphatic rings. The topological polar surface area (TPSA) is 33.2 Å². The van der Waals surface area contributed by atoms with Gasteiger partial charge >= 0.3 is 0 Å². The van der Waals surface area contributed by atoms with Crippen molar-refractivity contribution in [2.45, 2.75) is 46.7 Å². The van der Waals surface area contributed by atoms with Gasteiger partial charge in [0.1, 0.15) is 0 Å². The van der Waals surface area contributed by atoms with Crippen molar-refractivity contribution in [1.82, 2.24) is 9.88 Å². The predicted molar refractivity (Wildman–Crippen MR) is 90.9 cm³/mol. The Hall–Kier alpha value is -2.16. The monoisotopic (exact) mass is 296 g/mol. The molecule has 0 unspecified atom stereocenters. The Morgan fingerprint density at radius 3 is 2.27 bits per heavy atom. The highest BCUT2D eigenvalue weighted by Crippen LogP contribution is 2.25. The Morgan fingerprint density at radius 1 is 1.05 bits per heavy atom. The van der Waals surface area contributed by atoms with Crippen molar-refractivity contribution in [3.63, 3.8) is 0 Å². The van der Waals surface area contributed by atoms with Crippen LogP contribution in [0.1, 0.15) is 43.6 Å². The first-order valence-electron chi connectivity index (χ1n) is 7.76. The van der Waals surface area contributed by atoms with Gasteiger partial charge in [-0.1, -0.05) is 18.2 Å². The summed E-state index contributed by atoms with van der Waals surface area (Å²) in [7, 11) is 0. The minimum atomic E-state index is 0.0592. The van der Waals surface area contributed by atoms with Crippen LogP contribution in [0.4, 0.5) is 0 Å². The molecule has 1 aromatic carbocycles. The van der Waals surface area contributed by atoms with Crippen LogP contribution in [0.5, 0.6) is 0 Å². The van der Waals surface area contributed by atoms with E-state index >= 15 is 0 Å². The maximum atomic E-state index is 13.0. The first-order valence-corrected chi connectivity index (χ1v) is 7.76. The summed E-state index contributed by atoms with van der Waals surface area (Å²) >= 11 is 0. The number of benzene rings is 1. The van der Waals surface area contributed by atoms with Crippen LogP contribution >= 0.6 is 0 Å². The summed E-state index contributed by atoms with van der Waals surface area (Å²) < 4.78 is 0. The normalized spacial score (nSPS) is 11.0. The first-order chi connectivity index (χ1) is 10.4. The molecule has 0 aliphatic heterocycles. The molecule has 0 fully saturated rings. The number of hydrogen-bond donors (Lipinski definition) is 0. The number of aromatic nitrogens is 1. The molecule has 0 saturated carbocycles. The molecule has 2 rings (SSSR count). The molecule has 0 bridgehead atoms. The van der Waals surface area contributed by atoms with Crippen LogP contribution in [0.2, 0.25) is 0 Å². The third-order valence-corrected chi connectivity index (χ3v) is 3.70. The Balaban J connectivity index is 2.51. The quantitative estimate of drug-likeness (QED) is 0.842. The van der Waals surface area contributed by atoms with Crippen molar-refractivity contribution in [3.8, 4) is 11.3 Å². The van der Waals surface area contributed by atoms with E-state index in [0.717, 1.165) is 16.8 Å². The van der Waals surface area contributed by atoms with E-state index in [1.54, 1.807) is 6.20 Å². The van der Waals surface area contributed by atoms with E-state index in [1.807, 2.05) is 75.9 Å². The van der Waals surface area contributed by atoms with Gasteiger partial charge in [-0.2, -0.15) is 0 Å². The molecule has 0 atom stereocenters. The molecule has 3 heteroatoms. The highest BCUT2D eigenvalue weighted by molar-refractivity contribution is 6.00. The minimum Gasteiger partial charge on any atom is -0.334 e. The zero-order chi connectivity index (χ0) is 16.3. The van der Waals surface area contributed by atoms with Crippen molar-refractivity contribution >= 4 is 5.91 Å². The fourth-order valence-electron chi connectivity index (χ4n) is 2.78. The minimum absolute atomic E-state index is 0.0592. The summed E-state index contributed by atoms with van der Waals surface area (Å²) in [5.74, 6) is 0.0592. The number of hydrogen-bond acceptors (Lipinski definition) is 2. The smallest absolute Gasteiger partial charge is 0.255 e. The average Bonchev–Trinajstić information content (AvgIpc) is 2.46. The molecule has 2 aromatic rings. The maximum Gasteiger partial charge on any atom is 0.255 e. The lowest BCUT2D eigenvalue weighted by molar-refractivity contribution is 0.0644. The average molecular weight is 296 g/mol. The van der Waals surface area contributed by atoms with Gasteiger partial charge in [0, 0.05) is 29.4 Å². The molecule has 1 heterocycles. The highest BCUT2D eigenvalue weighted by atomic mass is 16.2. The lowest BCUT2D eigenvalue weighted by atomic mass is 10.0. The third kappa shape index (κ3) is 3.35. The number of carbonyl (C=O) groups is 1. The van der Waals surface area contributed by atoms with E-state index in [1.165, 1.54) is 0 Å². The Labute approximate surface area is 133 Å². The van der Waals surface area contributed by atoms with Crippen LogP contribution in [0, 0.1) is 6.92 Å². The van der Waals surface area contributed by atoms with E-state index in [4.69, 9.17) is 0 Å². The van der Waals surface area contributed by atoms with Gasteiger partial charge in [-0.15, -0.1) is 0 Å². The summed E-state index contributed by atoms with van der Waals surface area (Å²) in [4.78, 5) is 19.3. The molecule has 0 N–H and O–H groups in total. The molecule has 1 aromatic heterocycles. The Kier molecular flexibility index (Phi) is 4.96. The summed E-state index contributed by atoms with van der Waals surface area (Å²) in [5.41, 5.74) is 3.58. The largest absolute Gasteiger partial charge is 0.334 e. The van der Waals surface area contributed by atoms with E-state index in [2.05, 4.69) is 4.98 Å². The van der Waals surface area contributed by atoms with Gasteiger partial charge in [0.15, 0.2) is 0 Å². The second-order valence-electron chi connectivity index (χ2n) is 6.16. The van der Waals surface area contributed by atoms with E-state index < -0.39 is 0 Å². The lowest BCUT2D eigenvalue weighted by Gasteiger charge is -2.31. The number of amides is 1. The van der Waals surface area contributed by atoms with Crippen LogP contribution < -0.4 is 0 Å². The second kappa shape index (κ2) is 6.73. The summed E-state index contributed by atoms with van der Waals surface area (Å²) in [6.07, 6.45) is 1.79. The lowest BCUT2D eigenvalue weighted by Crippen LogP contribution is -2.42. The Bertz CT molecular complexity index is 654. The fraction of sp³-hybridized carbons (Fsp3) is 0.368. The number of carbonyl (C=O) groups excluding carboxylic acids is 1. The van der Waals surface area contributed by atoms with Crippen molar-refractivity contribution in [2.75, 3.05) is 0 Å². The zero-order valence-corrected chi connectivity index (χ0v) is 14.0. The molecule has 0 aliphatic carbocycles. The van der Waals surface area contributed by atoms with Crippen LogP contribution in [-0.2, 0) is 0 Å². The molecule has 1 amide bonds. The number of rotatable bonds is 4. The van der Waals surface area contributed by atoms with Gasteiger partial charge in [-0.3, -0.25) is 9.78 Å². The van der Waals surface area contributed by atoms with Crippen molar-refractivity contribution in [3.05, 3.63) is 53.7 Å². The number of pyridine rings is 1. The van der Waals surface area contributed by atoms with Gasteiger partial charge in [-0.05, 0) is 58.4 Å². The van der Waals surface area contributed by atoms with Gasteiger partial charge in [0.05, 0.1) is 5.69 Å². The molecule has 116 valence electrons. The zero-order valence-electron chi connectivity index (χ0n) is 14.0. The van der Waals surface area contributed by atoms with Crippen molar-refractivity contribution in [2.24, 2.45) is 0 Å². The van der Waals surface area contributed by atoms with Crippen LogP contribution in [-0.4, -0.2) is 27.9 Å². The second-order valence-corrected chi connectivity index (χ2v) is 6.16. The molecular weight excluding hydrogens is 272 g/mol. The number of nitrogens with zero attached hydrogens (tertiary/aromatic N) is 2. The van der Waals surface area contributed by atoms with E-state index in [0.29, 0.717) is 5.56 Å². The molecule has 3 nitrogen and oxygen atoms in total. The highest BCUT2D eigenvalue weighted by Gasteiger charge is 2.24. The van der Waals surface area contributed by atoms with E-state index in [9.17, 15) is 4.79 Å². The first kappa shape index (κ1) is 16.2. The van der Waals surface area contributed by atoms with Crippen molar-refractivity contribution in [1.29, 1.82) is 0 Å². The van der Waals surface area contributed by atoms with Crippen LogP contribution in [0.25, 0.3) is 11.3 Å². The molecule has 0 radical (unpaired) electrons. The molecular formula is C19H24N2O. The predicted octanol–water partition coefficient (Wildman–Crippen LogP) is 4.32. The molecule has 22 heavy (non-hydrogen) atoms. The van der Waals surface area contributed by atoms with E-state index in [-0.39, 0.29) is 18.0 Å². The standard InChI is InChI=1S/C19H24N2O/c1-13(2)21(14(3)4)19(22)17-9-7-6-8-16(17)18-12-15(5)10-11-20-18/h6-14H,1-5H3. The summed E-state index contributed by atoms with van der Waals surface area (Å²) in [6.45, 7) is 10.2. The van der Waals surface area contributed by atoms with Gasteiger partial charge in [0.25, 0.3) is 5.91 Å².